The van der Waals surface area contributed by atoms with Crippen molar-refractivity contribution in [1.29, 1.82) is 0 Å². The number of benzene rings is 1. The molecule has 0 aliphatic carbocycles. The zero-order valence-corrected chi connectivity index (χ0v) is 13.9. The van der Waals surface area contributed by atoms with Crippen LogP contribution in [0.25, 0.3) is 0 Å². The highest BCUT2D eigenvalue weighted by Crippen LogP contribution is 2.34. The molecule has 0 aromatic heterocycles. The molecule has 1 heterocycles. The number of rotatable bonds is 3. The SMILES string of the molecule is CC(C)CN1CCCCC(N)C1c1ccc(F)cc1Br. The van der Waals surface area contributed by atoms with E-state index in [2.05, 4.69) is 34.7 Å². The zero-order chi connectivity index (χ0) is 14.7. The number of hydrogen-bond donors (Lipinski definition) is 1. The van der Waals surface area contributed by atoms with E-state index in [-0.39, 0.29) is 17.9 Å². The van der Waals surface area contributed by atoms with E-state index in [4.69, 9.17) is 5.73 Å². The average molecular weight is 343 g/mol. The van der Waals surface area contributed by atoms with Gasteiger partial charge in [-0.1, -0.05) is 42.3 Å². The van der Waals surface area contributed by atoms with Gasteiger partial charge in [-0.05, 0) is 43.0 Å². The van der Waals surface area contributed by atoms with Crippen LogP contribution in [0.4, 0.5) is 4.39 Å². The Hall–Kier alpha value is -0.450. The van der Waals surface area contributed by atoms with Crippen molar-refractivity contribution in [3.8, 4) is 0 Å². The number of hydrogen-bond acceptors (Lipinski definition) is 2. The van der Waals surface area contributed by atoms with Gasteiger partial charge in [0.05, 0.1) is 6.04 Å². The van der Waals surface area contributed by atoms with Gasteiger partial charge in [0, 0.05) is 17.1 Å². The van der Waals surface area contributed by atoms with Crippen molar-refractivity contribution >= 4 is 15.9 Å². The monoisotopic (exact) mass is 342 g/mol. The summed E-state index contributed by atoms with van der Waals surface area (Å²) in [5.74, 6) is 0.389. The maximum atomic E-state index is 13.3. The van der Waals surface area contributed by atoms with Crippen LogP contribution in [-0.2, 0) is 0 Å². The molecular formula is C16H24BrFN2. The number of halogens is 2. The second-order valence-electron chi connectivity index (χ2n) is 6.16. The first-order valence-electron chi connectivity index (χ1n) is 7.43. The van der Waals surface area contributed by atoms with Crippen molar-refractivity contribution in [3.05, 3.63) is 34.1 Å². The second kappa shape index (κ2) is 7.01. The lowest BCUT2D eigenvalue weighted by Crippen LogP contribution is -2.41. The summed E-state index contributed by atoms with van der Waals surface area (Å²) in [6.45, 7) is 6.56. The highest BCUT2D eigenvalue weighted by atomic mass is 79.9. The molecule has 1 aliphatic rings. The summed E-state index contributed by atoms with van der Waals surface area (Å²) in [4.78, 5) is 2.47. The Kier molecular flexibility index (Phi) is 5.58. The quantitative estimate of drug-likeness (QED) is 0.895. The van der Waals surface area contributed by atoms with E-state index < -0.39 is 0 Å². The van der Waals surface area contributed by atoms with Gasteiger partial charge in [-0.2, -0.15) is 0 Å². The van der Waals surface area contributed by atoms with Gasteiger partial charge in [0.25, 0.3) is 0 Å². The highest BCUT2D eigenvalue weighted by molar-refractivity contribution is 9.10. The number of likely N-dealkylation sites (tertiary alicyclic amines) is 1. The summed E-state index contributed by atoms with van der Waals surface area (Å²) >= 11 is 3.51. The van der Waals surface area contributed by atoms with Crippen molar-refractivity contribution in [2.24, 2.45) is 11.7 Å². The van der Waals surface area contributed by atoms with Crippen LogP contribution < -0.4 is 5.73 Å². The van der Waals surface area contributed by atoms with Gasteiger partial charge in [0.15, 0.2) is 0 Å². The molecule has 2 unspecified atom stereocenters. The highest BCUT2D eigenvalue weighted by Gasteiger charge is 2.30. The second-order valence-corrected chi connectivity index (χ2v) is 7.01. The normalized spacial score (nSPS) is 24.9. The molecular weight excluding hydrogens is 319 g/mol. The predicted octanol–water partition coefficient (Wildman–Crippen LogP) is 4.10. The van der Waals surface area contributed by atoms with Crippen molar-refractivity contribution in [3.63, 3.8) is 0 Å². The summed E-state index contributed by atoms with van der Waals surface area (Å²) < 4.78 is 14.2. The molecule has 2 N–H and O–H groups in total. The van der Waals surface area contributed by atoms with E-state index in [0.29, 0.717) is 5.92 Å². The van der Waals surface area contributed by atoms with Gasteiger partial charge in [-0.15, -0.1) is 0 Å². The van der Waals surface area contributed by atoms with Crippen LogP contribution in [0, 0.1) is 11.7 Å². The molecule has 1 fully saturated rings. The average Bonchev–Trinajstić information content (AvgIpc) is 2.52. The molecule has 0 amide bonds. The molecule has 0 spiro atoms. The van der Waals surface area contributed by atoms with Crippen molar-refractivity contribution in [1.82, 2.24) is 4.90 Å². The Morgan fingerprint density at radius 1 is 1.40 bits per heavy atom. The predicted molar refractivity (Wildman–Crippen MR) is 85.1 cm³/mol. The van der Waals surface area contributed by atoms with Crippen LogP contribution in [0.2, 0.25) is 0 Å². The molecule has 20 heavy (non-hydrogen) atoms. The van der Waals surface area contributed by atoms with Crippen LogP contribution in [0.3, 0.4) is 0 Å². The molecule has 1 saturated heterocycles. The third-order valence-corrected chi connectivity index (χ3v) is 4.60. The van der Waals surface area contributed by atoms with Crippen molar-refractivity contribution < 1.29 is 4.39 Å². The van der Waals surface area contributed by atoms with E-state index in [1.165, 1.54) is 18.9 Å². The van der Waals surface area contributed by atoms with E-state index in [0.717, 1.165) is 29.5 Å². The Morgan fingerprint density at radius 3 is 2.80 bits per heavy atom. The fourth-order valence-corrected chi connectivity index (χ4v) is 3.69. The van der Waals surface area contributed by atoms with Gasteiger partial charge in [0.2, 0.25) is 0 Å². The molecule has 0 radical (unpaired) electrons. The molecule has 0 saturated carbocycles. The van der Waals surface area contributed by atoms with Crippen LogP contribution in [-0.4, -0.2) is 24.0 Å². The smallest absolute Gasteiger partial charge is 0.124 e. The van der Waals surface area contributed by atoms with Gasteiger partial charge in [0.1, 0.15) is 5.82 Å². The standard InChI is InChI=1S/C16H24BrFN2/c1-11(2)10-20-8-4-3-5-15(19)16(20)13-7-6-12(18)9-14(13)17/h6-7,9,11,15-16H,3-5,8,10,19H2,1-2H3. The summed E-state index contributed by atoms with van der Waals surface area (Å²) in [6, 6.07) is 5.24. The Balaban J connectivity index is 2.34. The summed E-state index contributed by atoms with van der Waals surface area (Å²) in [6.07, 6.45) is 3.39. The fraction of sp³-hybridized carbons (Fsp3) is 0.625. The largest absolute Gasteiger partial charge is 0.326 e. The number of nitrogens with zero attached hydrogens (tertiary/aromatic N) is 1. The zero-order valence-electron chi connectivity index (χ0n) is 12.3. The Labute approximate surface area is 129 Å². The van der Waals surface area contributed by atoms with E-state index in [1.54, 1.807) is 6.07 Å². The minimum absolute atomic E-state index is 0.109. The van der Waals surface area contributed by atoms with Gasteiger partial charge < -0.3 is 5.73 Å². The lowest BCUT2D eigenvalue weighted by molar-refractivity contribution is 0.165. The summed E-state index contributed by atoms with van der Waals surface area (Å²) in [5.41, 5.74) is 7.54. The first kappa shape index (κ1) is 15.9. The van der Waals surface area contributed by atoms with Crippen LogP contribution in [0.15, 0.2) is 22.7 Å². The van der Waals surface area contributed by atoms with Crippen LogP contribution >= 0.6 is 15.9 Å². The molecule has 2 atom stereocenters. The topological polar surface area (TPSA) is 29.3 Å². The molecule has 0 bridgehead atoms. The molecule has 2 nitrogen and oxygen atoms in total. The lowest BCUT2D eigenvalue weighted by Gasteiger charge is -2.35. The molecule has 1 aliphatic heterocycles. The van der Waals surface area contributed by atoms with Crippen LogP contribution in [0.5, 0.6) is 0 Å². The van der Waals surface area contributed by atoms with Gasteiger partial charge in [-0.3, -0.25) is 4.90 Å². The van der Waals surface area contributed by atoms with Gasteiger partial charge >= 0.3 is 0 Å². The third-order valence-electron chi connectivity index (χ3n) is 3.91. The molecule has 2 rings (SSSR count). The molecule has 112 valence electrons. The first-order valence-corrected chi connectivity index (χ1v) is 8.23. The summed E-state index contributed by atoms with van der Waals surface area (Å²) in [5, 5.41) is 0. The Bertz CT molecular complexity index is 450. The fourth-order valence-electron chi connectivity index (χ4n) is 3.11. The molecule has 4 heteroatoms. The number of nitrogens with two attached hydrogens (primary N) is 1. The minimum atomic E-state index is -0.210. The lowest BCUT2D eigenvalue weighted by atomic mass is 9.95. The van der Waals surface area contributed by atoms with E-state index >= 15 is 0 Å². The minimum Gasteiger partial charge on any atom is -0.326 e. The first-order chi connectivity index (χ1) is 9.49. The Morgan fingerprint density at radius 2 is 2.15 bits per heavy atom. The molecule has 1 aromatic rings. The van der Waals surface area contributed by atoms with E-state index in [9.17, 15) is 4.39 Å². The molecule has 1 aromatic carbocycles. The van der Waals surface area contributed by atoms with Gasteiger partial charge in [-0.25, -0.2) is 4.39 Å². The van der Waals surface area contributed by atoms with Crippen LogP contribution in [0.1, 0.15) is 44.7 Å². The maximum Gasteiger partial charge on any atom is 0.124 e. The maximum absolute atomic E-state index is 13.3. The summed E-state index contributed by atoms with van der Waals surface area (Å²) in [7, 11) is 0. The third kappa shape index (κ3) is 3.80. The van der Waals surface area contributed by atoms with Crippen molar-refractivity contribution in [2.45, 2.75) is 45.2 Å². The van der Waals surface area contributed by atoms with E-state index in [1.807, 2.05) is 6.07 Å². The van der Waals surface area contributed by atoms with Crippen molar-refractivity contribution in [2.75, 3.05) is 13.1 Å².